The largest absolute Gasteiger partial charge is 0.464 e. The topological polar surface area (TPSA) is 38.3 Å². The summed E-state index contributed by atoms with van der Waals surface area (Å²) in [5.41, 5.74) is 2.56. The van der Waals surface area contributed by atoms with E-state index in [2.05, 4.69) is 17.4 Å². The number of nitrogens with one attached hydrogen (secondary N) is 1. The highest BCUT2D eigenvalue weighted by atomic mass is 16.5. The maximum absolute atomic E-state index is 12.1. The first-order valence-electron chi connectivity index (χ1n) is 7.30. The Morgan fingerprint density at radius 2 is 1.95 bits per heavy atom. The molecule has 1 atom stereocenters. The summed E-state index contributed by atoms with van der Waals surface area (Å²) in [7, 11) is 0. The van der Waals surface area contributed by atoms with Gasteiger partial charge in [-0.25, -0.2) is 0 Å². The number of carbonyl (C=O) groups is 1. The molecule has 1 N–H and O–H groups in total. The maximum atomic E-state index is 12.1. The Morgan fingerprint density at radius 3 is 2.74 bits per heavy atom. The Balaban J connectivity index is 1.54. The summed E-state index contributed by atoms with van der Waals surface area (Å²) in [5, 5.41) is 3.28. The van der Waals surface area contributed by atoms with Crippen molar-refractivity contribution in [3.05, 3.63) is 35.4 Å². The molecule has 0 spiro atoms. The fourth-order valence-corrected chi connectivity index (χ4v) is 3.10. The van der Waals surface area contributed by atoms with Crippen LogP contribution >= 0.6 is 0 Å². The summed E-state index contributed by atoms with van der Waals surface area (Å²) in [4.78, 5) is 12.1. The highest BCUT2D eigenvalue weighted by Crippen LogP contribution is 2.25. The van der Waals surface area contributed by atoms with Crippen LogP contribution in [0.4, 0.5) is 0 Å². The van der Waals surface area contributed by atoms with E-state index in [1.54, 1.807) is 0 Å². The van der Waals surface area contributed by atoms with Gasteiger partial charge in [-0.15, -0.1) is 0 Å². The summed E-state index contributed by atoms with van der Waals surface area (Å²) in [6.45, 7) is 1.37. The van der Waals surface area contributed by atoms with Crippen LogP contribution in [0, 0.1) is 5.92 Å². The Hall–Kier alpha value is -1.35. The van der Waals surface area contributed by atoms with Gasteiger partial charge in [0.15, 0.2) is 0 Å². The lowest BCUT2D eigenvalue weighted by molar-refractivity contribution is -0.147. The monoisotopic (exact) mass is 259 g/mol. The second kappa shape index (κ2) is 5.74. The SMILES string of the molecule is O=C(OCC1CCCC1)[C@H]1Cc2ccccc2CN1. The molecule has 3 heteroatoms. The van der Waals surface area contributed by atoms with E-state index in [1.807, 2.05) is 12.1 Å². The van der Waals surface area contributed by atoms with Gasteiger partial charge in [0.25, 0.3) is 0 Å². The van der Waals surface area contributed by atoms with Crippen LogP contribution in [0.2, 0.25) is 0 Å². The lowest BCUT2D eigenvalue weighted by Gasteiger charge is -2.25. The van der Waals surface area contributed by atoms with Gasteiger partial charge in [0, 0.05) is 6.54 Å². The molecule has 1 heterocycles. The van der Waals surface area contributed by atoms with Crippen LogP contribution in [0.15, 0.2) is 24.3 Å². The molecule has 3 rings (SSSR count). The Kier molecular flexibility index (Phi) is 3.83. The molecule has 1 aromatic carbocycles. The zero-order chi connectivity index (χ0) is 13.1. The third-order valence-electron chi connectivity index (χ3n) is 4.30. The van der Waals surface area contributed by atoms with Crippen molar-refractivity contribution in [3.63, 3.8) is 0 Å². The molecule has 1 fully saturated rings. The van der Waals surface area contributed by atoms with Crippen LogP contribution in [0.1, 0.15) is 36.8 Å². The van der Waals surface area contributed by atoms with E-state index in [1.165, 1.54) is 36.8 Å². The van der Waals surface area contributed by atoms with Crippen LogP contribution in [0.3, 0.4) is 0 Å². The van der Waals surface area contributed by atoms with Gasteiger partial charge in [-0.05, 0) is 36.3 Å². The quantitative estimate of drug-likeness (QED) is 0.847. The number of fused-ring (bicyclic) bond motifs is 1. The number of hydrogen-bond acceptors (Lipinski definition) is 3. The number of hydrogen-bond donors (Lipinski definition) is 1. The van der Waals surface area contributed by atoms with Gasteiger partial charge in [0.1, 0.15) is 6.04 Å². The van der Waals surface area contributed by atoms with E-state index in [0.29, 0.717) is 12.5 Å². The maximum Gasteiger partial charge on any atom is 0.323 e. The van der Waals surface area contributed by atoms with E-state index >= 15 is 0 Å². The van der Waals surface area contributed by atoms with Crippen molar-refractivity contribution in [2.75, 3.05) is 6.61 Å². The van der Waals surface area contributed by atoms with Gasteiger partial charge in [0.05, 0.1) is 6.61 Å². The first-order valence-corrected chi connectivity index (χ1v) is 7.30. The molecule has 0 radical (unpaired) electrons. The fraction of sp³-hybridized carbons (Fsp3) is 0.562. The molecule has 2 aliphatic rings. The van der Waals surface area contributed by atoms with Crippen molar-refractivity contribution in [3.8, 4) is 0 Å². The van der Waals surface area contributed by atoms with E-state index < -0.39 is 0 Å². The zero-order valence-electron chi connectivity index (χ0n) is 11.2. The number of benzene rings is 1. The van der Waals surface area contributed by atoms with Gasteiger partial charge >= 0.3 is 5.97 Å². The smallest absolute Gasteiger partial charge is 0.323 e. The average molecular weight is 259 g/mol. The Labute approximate surface area is 114 Å². The van der Waals surface area contributed by atoms with E-state index in [-0.39, 0.29) is 12.0 Å². The number of esters is 1. The molecule has 0 unspecified atom stereocenters. The van der Waals surface area contributed by atoms with Crippen molar-refractivity contribution < 1.29 is 9.53 Å². The van der Waals surface area contributed by atoms with Crippen LogP contribution < -0.4 is 5.32 Å². The van der Waals surface area contributed by atoms with E-state index in [9.17, 15) is 4.79 Å². The molecule has 1 aromatic rings. The van der Waals surface area contributed by atoms with Crippen LogP contribution in [-0.2, 0) is 22.5 Å². The predicted molar refractivity (Wildman–Crippen MR) is 73.7 cm³/mol. The Morgan fingerprint density at radius 1 is 1.21 bits per heavy atom. The number of carbonyl (C=O) groups excluding carboxylic acids is 1. The summed E-state index contributed by atoms with van der Waals surface area (Å²) < 4.78 is 5.48. The predicted octanol–water partition coefficient (Wildman–Crippen LogP) is 2.43. The summed E-state index contributed by atoms with van der Waals surface area (Å²) in [6.07, 6.45) is 5.76. The first-order chi connectivity index (χ1) is 9.33. The number of rotatable bonds is 3. The zero-order valence-corrected chi connectivity index (χ0v) is 11.2. The molecule has 1 aliphatic carbocycles. The van der Waals surface area contributed by atoms with Crippen molar-refractivity contribution >= 4 is 5.97 Å². The van der Waals surface area contributed by atoms with Gasteiger partial charge in [-0.2, -0.15) is 0 Å². The highest BCUT2D eigenvalue weighted by Gasteiger charge is 2.26. The lowest BCUT2D eigenvalue weighted by Crippen LogP contribution is -2.43. The second-order valence-electron chi connectivity index (χ2n) is 5.69. The Bertz CT molecular complexity index is 452. The van der Waals surface area contributed by atoms with Crippen molar-refractivity contribution in [2.45, 2.75) is 44.7 Å². The minimum Gasteiger partial charge on any atom is -0.464 e. The standard InChI is InChI=1S/C16H21NO2/c18-16(19-11-12-5-1-2-6-12)15-9-13-7-3-4-8-14(13)10-17-15/h3-4,7-8,12,15,17H,1-2,5-6,9-11H2/t15-/m1/s1. The van der Waals surface area contributed by atoms with Gasteiger partial charge in [0.2, 0.25) is 0 Å². The third kappa shape index (κ3) is 2.98. The molecule has 3 nitrogen and oxygen atoms in total. The fourth-order valence-electron chi connectivity index (χ4n) is 3.10. The molecule has 102 valence electrons. The van der Waals surface area contributed by atoms with Gasteiger partial charge < -0.3 is 10.1 Å². The second-order valence-corrected chi connectivity index (χ2v) is 5.69. The molecular formula is C16H21NO2. The minimum absolute atomic E-state index is 0.0820. The lowest BCUT2D eigenvalue weighted by atomic mass is 9.96. The summed E-state index contributed by atoms with van der Waals surface area (Å²) in [5.74, 6) is 0.515. The molecule has 1 aliphatic heterocycles. The summed E-state index contributed by atoms with van der Waals surface area (Å²) >= 11 is 0. The molecule has 0 aromatic heterocycles. The normalized spacial score (nSPS) is 23.1. The third-order valence-corrected chi connectivity index (χ3v) is 4.30. The minimum atomic E-state index is -0.170. The molecule has 19 heavy (non-hydrogen) atoms. The highest BCUT2D eigenvalue weighted by molar-refractivity contribution is 5.76. The average Bonchev–Trinajstić information content (AvgIpc) is 2.97. The molecule has 0 amide bonds. The van der Waals surface area contributed by atoms with E-state index in [0.717, 1.165) is 13.0 Å². The van der Waals surface area contributed by atoms with Crippen LogP contribution in [0.5, 0.6) is 0 Å². The van der Waals surface area contributed by atoms with Crippen molar-refractivity contribution in [1.82, 2.24) is 5.32 Å². The van der Waals surface area contributed by atoms with Crippen molar-refractivity contribution in [1.29, 1.82) is 0 Å². The molecular weight excluding hydrogens is 238 g/mol. The van der Waals surface area contributed by atoms with Gasteiger partial charge in [-0.3, -0.25) is 4.79 Å². The van der Waals surface area contributed by atoms with Crippen LogP contribution in [-0.4, -0.2) is 18.6 Å². The molecule has 0 saturated heterocycles. The number of ether oxygens (including phenoxy) is 1. The summed E-state index contributed by atoms with van der Waals surface area (Å²) in [6, 6.07) is 8.12. The molecule has 1 saturated carbocycles. The van der Waals surface area contributed by atoms with Gasteiger partial charge in [-0.1, -0.05) is 37.1 Å². The van der Waals surface area contributed by atoms with Crippen molar-refractivity contribution in [2.24, 2.45) is 5.92 Å². The first kappa shape index (κ1) is 12.7. The molecule has 0 bridgehead atoms. The van der Waals surface area contributed by atoms with Crippen LogP contribution in [0.25, 0.3) is 0 Å². The van der Waals surface area contributed by atoms with E-state index in [4.69, 9.17) is 4.74 Å².